The van der Waals surface area contributed by atoms with Crippen molar-refractivity contribution < 1.29 is 4.42 Å². The van der Waals surface area contributed by atoms with Crippen LogP contribution in [0, 0.1) is 6.92 Å². The maximum Gasteiger partial charge on any atom is 0.118 e. The standard InChI is InChI=1S/C13H24N2O/c1-5-8-14-9-11(2)15(4)10-13-7-6-12(3)16-13/h6-7,11,14H,5,8-10H2,1-4H3. The topological polar surface area (TPSA) is 28.4 Å². The summed E-state index contributed by atoms with van der Waals surface area (Å²) in [7, 11) is 2.14. The zero-order chi connectivity index (χ0) is 12.0. The largest absolute Gasteiger partial charge is 0.465 e. The fourth-order valence-corrected chi connectivity index (χ4v) is 1.62. The van der Waals surface area contributed by atoms with E-state index in [2.05, 4.69) is 37.2 Å². The van der Waals surface area contributed by atoms with Crippen LogP contribution in [0.3, 0.4) is 0 Å². The Morgan fingerprint density at radius 2 is 2.19 bits per heavy atom. The molecule has 1 heterocycles. The molecular weight excluding hydrogens is 200 g/mol. The Bertz CT molecular complexity index is 296. The highest BCUT2D eigenvalue weighted by molar-refractivity contribution is 5.05. The van der Waals surface area contributed by atoms with Crippen LogP contribution in [0.5, 0.6) is 0 Å². The molecule has 0 aliphatic rings. The molecule has 0 aliphatic carbocycles. The van der Waals surface area contributed by atoms with E-state index in [-0.39, 0.29) is 0 Å². The van der Waals surface area contributed by atoms with Gasteiger partial charge in [0.1, 0.15) is 11.5 Å². The Kier molecular flexibility index (Phi) is 5.56. The van der Waals surface area contributed by atoms with Gasteiger partial charge >= 0.3 is 0 Å². The van der Waals surface area contributed by atoms with E-state index in [1.165, 1.54) is 6.42 Å². The van der Waals surface area contributed by atoms with Crippen LogP contribution in [0.25, 0.3) is 0 Å². The van der Waals surface area contributed by atoms with Gasteiger partial charge in [-0.25, -0.2) is 0 Å². The van der Waals surface area contributed by atoms with E-state index < -0.39 is 0 Å². The van der Waals surface area contributed by atoms with E-state index in [9.17, 15) is 0 Å². The second kappa shape index (κ2) is 6.71. The third kappa shape index (κ3) is 4.37. The Morgan fingerprint density at radius 1 is 1.44 bits per heavy atom. The summed E-state index contributed by atoms with van der Waals surface area (Å²) in [6.45, 7) is 9.41. The molecule has 1 aromatic heterocycles. The molecule has 0 fully saturated rings. The molecular formula is C13H24N2O. The van der Waals surface area contributed by atoms with Crippen LogP contribution >= 0.6 is 0 Å². The highest BCUT2D eigenvalue weighted by Crippen LogP contribution is 2.10. The summed E-state index contributed by atoms with van der Waals surface area (Å²) < 4.78 is 5.57. The molecule has 1 atom stereocenters. The van der Waals surface area contributed by atoms with Crippen LogP contribution in [-0.2, 0) is 6.54 Å². The van der Waals surface area contributed by atoms with Crippen LogP contribution in [0.1, 0.15) is 31.8 Å². The van der Waals surface area contributed by atoms with E-state index >= 15 is 0 Å². The van der Waals surface area contributed by atoms with E-state index in [4.69, 9.17) is 4.42 Å². The Labute approximate surface area is 98.8 Å². The van der Waals surface area contributed by atoms with Crippen LogP contribution in [0.4, 0.5) is 0 Å². The number of hydrogen-bond donors (Lipinski definition) is 1. The first-order valence-electron chi connectivity index (χ1n) is 6.09. The lowest BCUT2D eigenvalue weighted by molar-refractivity contribution is 0.223. The predicted molar refractivity (Wildman–Crippen MR) is 67.5 cm³/mol. The first-order valence-corrected chi connectivity index (χ1v) is 6.09. The second-order valence-electron chi connectivity index (χ2n) is 4.48. The third-order valence-corrected chi connectivity index (χ3v) is 2.82. The summed E-state index contributed by atoms with van der Waals surface area (Å²) in [5.41, 5.74) is 0. The lowest BCUT2D eigenvalue weighted by atomic mass is 10.2. The zero-order valence-electron chi connectivity index (χ0n) is 10.9. The maximum atomic E-state index is 5.57. The molecule has 3 heteroatoms. The molecule has 0 radical (unpaired) electrons. The lowest BCUT2D eigenvalue weighted by Crippen LogP contribution is -2.37. The van der Waals surface area contributed by atoms with Crippen molar-refractivity contribution >= 4 is 0 Å². The highest BCUT2D eigenvalue weighted by atomic mass is 16.3. The van der Waals surface area contributed by atoms with Crippen LogP contribution in [0.2, 0.25) is 0 Å². The van der Waals surface area contributed by atoms with Crippen molar-refractivity contribution in [2.75, 3.05) is 20.1 Å². The van der Waals surface area contributed by atoms with Gasteiger partial charge in [0, 0.05) is 12.6 Å². The first kappa shape index (κ1) is 13.3. The number of likely N-dealkylation sites (N-methyl/N-ethyl adjacent to an activating group) is 1. The summed E-state index contributed by atoms with van der Waals surface area (Å²) in [5, 5.41) is 3.43. The summed E-state index contributed by atoms with van der Waals surface area (Å²) in [6, 6.07) is 4.60. The second-order valence-corrected chi connectivity index (χ2v) is 4.48. The van der Waals surface area contributed by atoms with E-state index in [0.29, 0.717) is 6.04 Å². The van der Waals surface area contributed by atoms with E-state index in [0.717, 1.165) is 31.2 Å². The number of nitrogens with zero attached hydrogens (tertiary/aromatic N) is 1. The SMILES string of the molecule is CCCNCC(C)N(C)Cc1ccc(C)o1. The number of rotatable bonds is 7. The van der Waals surface area contributed by atoms with Crippen LogP contribution in [0.15, 0.2) is 16.5 Å². The third-order valence-electron chi connectivity index (χ3n) is 2.82. The van der Waals surface area contributed by atoms with Crippen molar-refractivity contribution in [3.8, 4) is 0 Å². The summed E-state index contributed by atoms with van der Waals surface area (Å²) in [6.07, 6.45) is 1.19. The molecule has 0 amide bonds. The minimum absolute atomic E-state index is 0.525. The number of aryl methyl sites for hydroxylation is 1. The molecule has 0 saturated carbocycles. The van der Waals surface area contributed by atoms with Gasteiger partial charge in [-0.2, -0.15) is 0 Å². The van der Waals surface area contributed by atoms with Crippen molar-refractivity contribution in [2.24, 2.45) is 0 Å². The average Bonchev–Trinajstić information content (AvgIpc) is 2.64. The summed E-state index contributed by atoms with van der Waals surface area (Å²) in [4.78, 5) is 2.31. The number of furan rings is 1. The van der Waals surface area contributed by atoms with Crippen molar-refractivity contribution in [3.63, 3.8) is 0 Å². The van der Waals surface area contributed by atoms with Gasteiger partial charge in [-0.15, -0.1) is 0 Å². The molecule has 92 valence electrons. The molecule has 0 spiro atoms. The predicted octanol–water partition coefficient (Wildman–Crippen LogP) is 2.41. The van der Waals surface area contributed by atoms with Crippen molar-refractivity contribution in [3.05, 3.63) is 23.7 Å². The molecule has 0 aromatic carbocycles. The highest BCUT2D eigenvalue weighted by Gasteiger charge is 2.10. The number of nitrogens with one attached hydrogen (secondary N) is 1. The maximum absolute atomic E-state index is 5.57. The van der Waals surface area contributed by atoms with E-state index in [1.54, 1.807) is 0 Å². The summed E-state index contributed by atoms with van der Waals surface area (Å²) >= 11 is 0. The van der Waals surface area contributed by atoms with Crippen molar-refractivity contribution in [2.45, 2.75) is 39.8 Å². The molecule has 1 aromatic rings. The van der Waals surface area contributed by atoms with E-state index in [1.807, 2.05) is 13.0 Å². The molecule has 3 nitrogen and oxygen atoms in total. The Balaban J connectivity index is 2.30. The molecule has 1 rings (SSSR count). The molecule has 1 unspecified atom stereocenters. The molecule has 0 aliphatic heterocycles. The van der Waals surface area contributed by atoms with Gasteiger partial charge in [0.05, 0.1) is 6.54 Å². The molecule has 0 bridgehead atoms. The molecule has 0 saturated heterocycles. The molecule has 1 N–H and O–H groups in total. The smallest absolute Gasteiger partial charge is 0.118 e. The van der Waals surface area contributed by atoms with Gasteiger partial charge in [0.15, 0.2) is 0 Å². The van der Waals surface area contributed by atoms with Gasteiger partial charge in [-0.3, -0.25) is 4.90 Å². The minimum Gasteiger partial charge on any atom is -0.465 e. The quantitative estimate of drug-likeness (QED) is 0.721. The van der Waals surface area contributed by atoms with Crippen LogP contribution in [-0.4, -0.2) is 31.1 Å². The fraction of sp³-hybridized carbons (Fsp3) is 0.692. The summed E-state index contributed by atoms with van der Waals surface area (Å²) in [5.74, 6) is 2.03. The number of hydrogen-bond acceptors (Lipinski definition) is 3. The average molecular weight is 224 g/mol. The van der Waals surface area contributed by atoms with Crippen molar-refractivity contribution in [1.29, 1.82) is 0 Å². The molecule has 16 heavy (non-hydrogen) atoms. The fourth-order valence-electron chi connectivity index (χ4n) is 1.62. The zero-order valence-corrected chi connectivity index (χ0v) is 10.9. The van der Waals surface area contributed by atoms with Gasteiger partial charge in [-0.1, -0.05) is 6.92 Å². The first-order chi connectivity index (χ1) is 7.63. The Hall–Kier alpha value is -0.800. The van der Waals surface area contributed by atoms with Gasteiger partial charge < -0.3 is 9.73 Å². The monoisotopic (exact) mass is 224 g/mol. The van der Waals surface area contributed by atoms with Crippen LogP contribution < -0.4 is 5.32 Å². The van der Waals surface area contributed by atoms with Crippen molar-refractivity contribution in [1.82, 2.24) is 10.2 Å². The minimum atomic E-state index is 0.525. The lowest BCUT2D eigenvalue weighted by Gasteiger charge is -2.23. The van der Waals surface area contributed by atoms with Gasteiger partial charge in [-0.05, 0) is 46.0 Å². The normalized spacial score (nSPS) is 13.3. The van der Waals surface area contributed by atoms with Gasteiger partial charge in [0.25, 0.3) is 0 Å². The Morgan fingerprint density at radius 3 is 2.75 bits per heavy atom. The van der Waals surface area contributed by atoms with Gasteiger partial charge in [0.2, 0.25) is 0 Å².